The number of benzene rings is 2. The third-order valence-electron chi connectivity index (χ3n) is 7.34. The average Bonchev–Trinajstić information content (AvgIpc) is 3.42. The van der Waals surface area contributed by atoms with Crippen LogP contribution in [0.1, 0.15) is 56.6 Å². The number of carboxylic acids is 1. The number of ether oxygens (including phenoxy) is 1. The van der Waals surface area contributed by atoms with Gasteiger partial charge in [-0.1, -0.05) is 55.5 Å². The van der Waals surface area contributed by atoms with E-state index < -0.39 is 17.5 Å². The lowest BCUT2D eigenvalue weighted by Gasteiger charge is -2.23. The average molecular weight is 465 g/mol. The van der Waals surface area contributed by atoms with Gasteiger partial charge in [-0.3, -0.25) is 9.59 Å². The quantitative estimate of drug-likeness (QED) is 0.603. The van der Waals surface area contributed by atoms with Crippen LogP contribution in [-0.4, -0.2) is 53.7 Å². The molecular weight excluding hydrogens is 432 g/mol. The number of hydrogen-bond donors (Lipinski definition) is 2. The van der Waals surface area contributed by atoms with Crippen LogP contribution in [0, 0.1) is 5.41 Å². The lowest BCUT2D eigenvalue weighted by molar-refractivity contribution is -0.148. The maximum atomic E-state index is 12.6. The highest BCUT2D eigenvalue weighted by Gasteiger charge is 2.44. The molecule has 0 bridgehead atoms. The van der Waals surface area contributed by atoms with Crippen LogP contribution in [0.3, 0.4) is 0 Å². The molecule has 0 saturated carbocycles. The van der Waals surface area contributed by atoms with Gasteiger partial charge in [0, 0.05) is 31.5 Å². The maximum absolute atomic E-state index is 12.6. The van der Waals surface area contributed by atoms with Gasteiger partial charge in [0.15, 0.2) is 0 Å². The van der Waals surface area contributed by atoms with Gasteiger partial charge in [-0.05, 0) is 48.4 Å². The van der Waals surface area contributed by atoms with Gasteiger partial charge in [-0.25, -0.2) is 4.79 Å². The molecule has 2 atom stereocenters. The highest BCUT2D eigenvalue weighted by Crippen LogP contribution is 2.44. The van der Waals surface area contributed by atoms with E-state index in [1.165, 1.54) is 11.1 Å². The van der Waals surface area contributed by atoms with Gasteiger partial charge in [-0.2, -0.15) is 0 Å². The highest BCUT2D eigenvalue weighted by molar-refractivity contribution is 5.81. The van der Waals surface area contributed by atoms with Crippen LogP contribution in [0.25, 0.3) is 11.1 Å². The fraction of sp³-hybridized carbons (Fsp3) is 0.444. The van der Waals surface area contributed by atoms with E-state index in [0.29, 0.717) is 25.8 Å². The molecule has 1 fully saturated rings. The standard InChI is InChI=1S/C27H32N2O5/c1-3-27(25(31)32)14-15-29(17-27)24(30)13-12-18(2)28-26(33)34-16-23-21-10-6-4-8-19(21)20-9-5-7-11-22(20)23/h4-11,18,23H,3,12-17H2,1-2H3,(H,28,33)(H,31,32). The number of nitrogens with zero attached hydrogens (tertiary/aromatic N) is 1. The monoisotopic (exact) mass is 464 g/mol. The summed E-state index contributed by atoms with van der Waals surface area (Å²) in [6.07, 6.45) is 1.21. The molecule has 1 heterocycles. The zero-order valence-corrected chi connectivity index (χ0v) is 19.8. The second-order valence-corrected chi connectivity index (χ2v) is 9.41. The van der Waals surface area contributed by atoms with E-state index in [9.17, 15) is 19.5 Å². The third kappa shape index (κ3) is 4.65. The summed E-state index contributed by atoms with van der Waals surface area (Å²) < 4.78 is 5.57. The predicted octanol–water partition coefficient (Wildman–Crippen LogP) is 4.41. The number of likely N-dealkylation sites (tertiary alicyclic amines) is 1. The summed E-state index contributed by atoms with van der Waals surface area (Å²) in [5, 5.41) is 12.3. The molecule has 1 aliphatic carbocycles. The van der Waals surface area contributed by atoms with Crippen LogP contribution in [0.2, 0.25) is 0 Å². The summed E-state index contributed by atoms with van der Waals surface area (Å²) in [4.78, 5) is 38.3. The number of carbonyl (C=O) groups excluding carboxylic acids is 2. The number of aliphatic carboxylic acids is 1. The molecule has 2 N–H and O–H groups in total. The molecule has 0 spiro atoms. The molecule has 34 heavy (non-hydrogen) atoms. The van der Waals surface area contributed by atoms with Gasteiger partial charge in [-0.15, -0.1) is 0 Å². The SMILES string of the molecule is CCC1(C(=O)O)CCN(C(=O)CCC(C)NC(=O)OCC2c3ccccc3-c3ccccc32)C1. The molecule has 2 aromatic rings. The topological polar surface area (TPSA) is 95.9 Å². The van der Waals surface area contributed by atoms with E-state index in [0.717, 1.165) is 11.1 Å². The van der Waals surface area contributed by atoms with Crippen molar-refractivity contribution in [1.82, 2.24) is 10.2 Å². The van der Waals surface area contributed by atoms with E-state index >= 15 is 0 Å². The van der Waals surface area contributed by atoms with Crippen molar-refractivity contribution in [2.45, 2.75) is 51.5 Å². The van der Waals surface area contributed by atoms with Crippen molar-refractivity contribution >= 4 is 18.0 Å². The second-order valence-electron chi connectivity index (χ2n) is 9.41. The fourth-order valence-corrected chi connectivity index (χ4v) is 5.11. The van der Waals surface area contributed by atoms with Gasteiger partial charge >= 0.3 is 12.1 Å². The van der Waals surface area contributed by atoms with Gasteiger partial charge < -0.3 is 20.1 Å². The van der Waals surface area contributed by atoms with Crippen molar-refractivity contribution in [2.24, 2.45) is 5.41 Å². The van der Waals surface area contributed by atoms with Gasteiger partial charge in [0.1, 0.15) is 6.61 Å². The van der Waals surface area contributed by atoms with Crippen LogP contribution in [0.15, 0.2) is 48.5 Å². The third-order valence-corrected chi connectivity index (χ3v) is 7.34. The van der Waals surface area contributed by atoms with Crippen LogP contribution in [0.5, 0.6) is 0 Å². The Labute approximate surface area is 200 Å². The Morgan fingerprint density at radius 3 is 2.29 bits per heavy atom. The van der Waals surface area contributed by atoms with E-state index in [1.807, 2.05) is 38.1 Å². The summed E-state index contributed by atoms with van der Waals surface area (Å²) in [6, 6.07) is 16.1. The Hall–Kier alpha value is -3.35. The zero-order valence-electron chi connectivity index (χ0n) is 19.8. The maximum Gasteiger partial charge on any atom is 0.407 e. The summed E-state index contributed by atoms with van der Waals surface area (Å²) in [7, 11) is 0. The minimum absolute atomic E-state index is 0.00160. The zero-order chi connectivity index (χ0) is 24.3. The van der Waals surface area contributed by atoms with Gasteiger partial charge in [0.2, 0.25) is 5.91 Å². The minimum Gasteiger partial charge on any atom is -0.481 e. The van der Waals surface area contributed by atoms with Crippen molar-refractivity contribution in [3.05, 3.63) is 59.7 Å². The lowest BCUT2D eigenvalue weighted by Crippen LogP contribution is -2.38. The summed E-state index contributed by atoms with van der Waals surface area (Å²) in [5.41, 5.74) is 3.84. The summed E-state index contributed by atoms with van der Waals surface area (Å²) in [6.45, 7) is 4.65. The van der Waals surface area contributed by atoms with Gasteiger partial charge in [0.25, 0.3) is 0 Å². The van der Waals surface area contributed by atoms with E-state index in [4.69, 9.17) is 4.74 Å². The number of hydrogen-bond acceptors (Lipinski definition) is 4. The number of carboxylic acid groups (broad SMARTS) is 1. The lowest BCUT2D eigenvalue weighted by atomic mass is 9.84. The van der Waals surface area contributed by atoms with Crippen LogP contribution >= 0.6 is 0 Å². The van der Waals surface area contributed by atoms with Crippen molar-refractivity contribution in [3.63, 3.8) is 0 Å². The van der Waals surface area contributed by atoms with Gasteiger partial charge in [0.05, 0.1) is 5.41 Å². The largest absolute Gasteiger partial charge is 0.481 e. The molecule has 1 saturated heterocycles. The molecule has 7 heteroatoms. The Morgan fingerprint density at radius 2 is 1.74 bits per heavy atom. The molecule has 2 amide bonds. The molecule has 1 aliphatic heterocycles. The van der Waals surface area contributed by atoms with Crippen molar-refractivity contribution in [3.8, 4) is 11.1 Å². The summed E-state index contributed by atoms with van der Waals surface area (Å²) >= 11 is 0. The van der Waals surface area contributed by atoms with Crippen molar-refractivity contribution in [2.75, 3.05) is 19.7 Å². The summed E-state index contributed by atoms with van der Waals surface area (Å²) in [5.74, 6) is -0.911. The first kappa shape index (κ1) is 23.8. The number of alkyl carbamates (subject to hydrolysis) is 1. The number of amides is 2. The fourth-order valence-electron chi connectivity index (χ4n) is 5.11. The highest BCUT2D eigenvalue weighted by atomic mass is 16.5. The number of nitrogens with one attached hydrogen (secondary N) is 1. The van der Waals surface area contributed by atoms with Crippen LogP contribution in [0.4, 0.5) is 4.79 Å². The van der Waals surface area contributed by atoms with Crippen LogP contribution < -0.4 is 5.32 Å². The molecule has 0 radical (unpaired) electrons. The molecule has 4 rings (SSSR count). The Morgan fingerprint density at radius 1 is 1.12 bits per heavy atom. The Kier molecular flexibility index (Phi) is 6.91. The smallest absolute Gasteiger partial charge is 0.407 e. The number of rotatable bonds is 8. The first-order valence-corrected chi connectivity index (χ1v) is 12.0. The number of carbonyl (C=O) groups is 3. The first-order chi connectivity index (χ1) is 16.3. The van der Waals surface area contributed by atoms with Crippen molar-refractivity contribution in [1.29, 1.82) is 0 Å². The Bertz CT molecular complexity index is 1040. The Balaban J connectivity index is 1.25. The molecule has 0 aromatic heterocycles. The second kappa shape index (κ2) is 9.87. The number of fused-ring (bicyclic) bond motifs is 3. The minimum atomic E-state index is -0.837. The molecular formula is C27H32N2O5. The van der Waals surface area contributed by atoms with Crippen molar-refractivity contribution < 1.29 is 24.2 Å². The molecule has 7 nitrogen and oxygen atoms in total. The molecule has 2 aromatic carbocycles. The molecule has 180 valence electrons. The first-order valence-electron chi connectivity index (χ1n) is 12.0. The molecule has 2 aliphatic rings. The molecule has 2 unspecified atom stereocenters. The normalized spacial score (nSPS) is 19.9. The van der Waals surface area contributed by atoms with E-state index in [1.54, 1.807) is 4.90 Å². The van der Waals surface area contributed by atoms with E-state index in [2.05, 4.69) is 29.6 Å². The van der Waals surface area contributed by atoms with Crippen LogP contribution in [-0.2, 0) is 14.3 Å². The predicted molar refractivity (Wildman–Crippen MR) is 128 cm³/mol. The van der Waals surface area contributed by atoms with E-state index in [-0.39, 0.29) is 37.4 Å².